The summed E-state index contributed by atoms with van der Waals surface area (Å²) in [6.45, 7) is 5.90. The zero-order valence-corrected chi connectivity index (χ0v) is 13.9. The maximum atomic E-state index is 13.2. The van der Waals surface area contributed by atoms with E-state index in [0.29, 0.717) is 6.54 Å². The number of aromatic nitrogens is 4. The van der Waals surface area contributed by atoms with Crippen molar-refractivity contribution >= 4 is 5.91 Å². The van der Waals surface area contributed by atoms with Crippen LogP contribution in [0.15, 0.2) is 24.4 Å². The van der Waals surface area contributed by atoms with E-state index in [4.69, 9.17) is 0 Å². The van der Waals surface area contributed by atoms with Crippen LogP contribution in [0.1, 0.15) is 36.2 Å². The smallest absolute Gasteiger partial charge is 0.247 e. The molecule has 0 radical (unpaired) electrons. The fourth-order valence-corrected chi connectivity index (χ4v) is 3.64. The highest BCUT2D eigenvalue weighted by molar-refractivity contribution is 5.83. The summed E-state index contributed by atoms with van der Waals surface area (Å²) in [6, 6.07) is 5.53. The number of amides is 1. The molecule has 1 amide bonds. The molecule has 1 saturated heterocycles. The van der Waals surface area contributed by atoms with Crippen LogP contribution < -0.4 is 0 Å². The van der Waals surface area contributed by atoms with Crippen molar-refractivity contribution in [3.8, 4) is 0 Å². The largest absolute Gasteiger partial charge is 0.341 e. The lowest BCUT2D eigenvalue weighted by molar-refractivity contribution is -0.137. The van der Waals surface area contributed by atoms with Gasteiger partial charge in [0.15, 0.2) is 11.9 Å². The Morgan fingerprint density at radius 2 is 2.00 bits per heavy atom. The van der Waals surface area contributed by atoms with Gasteiger partial charge in [-0.25, -0.2) is 0 Å². The van der Waals surface area contributed by atoms with E-state index in [0.717, 1.165) is 56.4 Å². The molecule has 0 aromatic carbocycles. The number of carbonyl (C=O) groups excluding carboxylic acids is 1. The summed E-state index contributed by atoms with van der Waals surface area (Å²) in [7, 11) is 0. The van der Waals surface area contributed by atoms with Gasteiger partial charge in [0, 0.05) is 38.9 Å². The summed E-state index contributed by atoms with van der Waals surface area (Å²) in [6.07, 6.45) is 3.97. The zero-order chi connectivity index (χ0) is 16.5. The molecule has 7 nitrogen and oxygen atoms in total. The third-order valence-electron chi connectivity index (χ3n) is 4.93. The van der Waals surface area contributed by atoms with Gasteiger partial charge < -0.3 is 9.47 Å². The van der Waals surface area contributed by atoms with Crippen LogP contribution in [0.3, 0.4) is 0 Å². The third kappa shape index (κ3) is 2.69. The first-order chi connectivity index (χ1) is 11.7. The molecule has 0 N–H and O–H groups in total. The van der Waals surface area contributed by atoms with E-state index in [2.05, 4.69) is 24.6 Å². The number of fused-ring (bicyclic) bond motifs is 1. The fourth-order valence-electron chi connectivity index (χ4n) is 3.64. The number of hydrogen-bond acceptors (Lipinski definition) is 5. The highest BCUT2D eigenvalue weighted by Gasteiger charge is 2.39. The minimum Gasteiger partial charge on any atom is -0.341 e. The number of rotatable bonds is 3. The normalized spacial score (nSPS) is 21.0. The minimum atomic E-state index is -0.361. The third-order valence-corrected chi connectivity index (χ3v) is 4.93. The topological polar surface area (TPSA) is 67.2 Å². The van der Waals surface area contributed by atoms with E-state index in [1.165, 1.54) is 0 Å². The lowest BCUT2D eigenvalue weighted by atomic mass is 10.1. The Morgan fingerprint density at radius 1 is 1.17 bits per heavy atom. The highest BCUT2D eigenvalue weighted by atomic mass is 16.2. The SMILES string of the molecule is Cc1nnc2n1CCN(Cc1ccccn1)C2C(=O)N1CCCC1. The molecule has 1 fully saturated rings. The van der Waals surface area contributed by atoms with Crippen LogP contribution >= 0.6 is 0 Å². The Bertz CT molecular complexity index is 722. The molecule has 1 atom stereocenters. The summed E-state index contributed by atoms with van der Waals surface area (Å²) < 4.78 is 2.08. The Kier molecular flexibility index (Phi) is 4.02. The van der Waals surface area contributed by atoms with Crippen molar-refractivity contribution < 1.29 is 4.79 Å². The van der Waals surface area contributed by atoms with Crippen LogP contribution in [0.5, 0.6) is 0 Å². The van der Waals surface area contributed by atoms with Gasteiger partial charge in [0.05, 0.1) is 5.69 Å². The molecule has 4 rings (SSSR count). The summed E-state index contributed by atoms with van der Waals surface area (Å²) in [5, 5.41) is 8.52. The monoisotopic (exact) mass is 326 g/mol. The van der Waals surface area contributed by atoms with Gasteiger partial charge in [0.1, 0.15) is 5.82 Å². The standard InChI is InChI=1S/C17H22N6O/c1-13-19-20-16-15(17(24)21-8-4-5-9-21)22(10-11-23(13)16)12-14-6-2-3-7-18-14/h2-3,6-7,15H,4-5,8-12H2,1H3. The maximum Gasteiger partial charge on any atom is 0.247 e. The van der Waals surface area contributed by atoms with Crippen LogP contribution in [0.2, 0.25) is 0 Å². The van der Waals surface area contributed by atoms with Gasteiger partial charge in [-0.05, 0) is 31.9 Å². The highest BCUT2D eigenvalue weighted by Crippen LogP contribution is 2.29. The van der Waals surface area contributed by atoms with Crippen LogP contribution in [0, 0.1) is 6.92 Å². The Labute approximate surface area is 141 Å². The molecule has 7 heteroatoms. The average Bonchev–Trinajstić information content (AvgIpc) is 3.26. The summed E-state index contributed by atoms with van der Waals surface area (Å²) >= 11 is 0. The maximum absolute atomic E-state index is 13.2. The van der Waals surface area contributed by atoms with Crippen molar-refractivity contribution in [3.63, 3.8) is 0 Å². The quantitative estimate of drug-likeness (QED) is 0.847. The van der Waals surface area contributed by atoms with Gasteiger partial charge in [-0.1, -0.05) is 6.07 Å². The lowest BCUT2D eigenvalue weighted by Crippen LogP contribution is -2.47. The molecule has 0 bridgehead atoms. The van der Waals surface area contributed by atoms with Crippen LogP contribution in [0.25, 0.3) is 0 Å². The zero-order valence-electron chi connectivity index (χ0n) is 13.9. The van der Waals surface area contributed by atoms with Crippen molar-refractivity contribution in [2.24, 2.45) is 0 Å². The molecule has 2 aromatic heterocycles. The second-order valence-electron chi connectivity index (χ2n) is 6.48. The Morgan fingerprint density at radius 3 is 2.75 bits per heavy atom. The summed E-state index contributed by atoms with van der Waals surface area (Å²) in [5.41, 5.74) is 0.974. The molecule has 126 valence electrons. The first-order valence-electron chi connectivity index (χ1n) is 8.56. The van der Waals surface area contributed by atoms with Crippen LogP contribution in [-0.4, -0.2) is 55.1 Å². The van der Waals surface area contributed by atoms with E-state index in [9.17, 15) is 4.79 Å². The molecule has 24 heavy (non-hydrogen) atoms. The molecular weight excluding hydrogens is 304 g/mol. The Balaban J connectivity index is 1.66. The molecule has 0 saturated carbocycles. The molecule has 4 heterocycles. The van der Waals surface area contributed by atoms with Gasteiger partial charge in [-0.3, -0.25) is 14.7 Å². The first-order valence-corrected chi connectivity index (χ1v) is 8.56. The van der Waals surface area contributed by atoms with Gasteiger partial charge in [0.2, 0.25) is 5.91 Å². The predicted octanol–water partition coefficient (Wildman–Crippen LogP) is 1.16. The molecule has 0 aliphatic carbocycles. The number of carbonyl (C=O) groups is 1. The minimum absolute atomic E-state index is 0.150. The molecule has 0 spiro atoms. The second kappa shape index (κ2) is 6.32. The number of likely N-dealkylation sites (tertiary alicyclic amines) is 1. The number of nitrogens with zero attached hydrogens (tertiary/aromatic N) is 6. The predicted molar refractivity (Wildman–Crippen MR) is 88.0 cm³/mol. The molecule has 2 aromatic rings. The van der Waals surface area contributed by atoms with Crippen molar-refractivity contribution in [2.75, 3.05) is 19.6 Å². The van der Waals surface area contributed by atoms with E-state index in [-0.39, 0.29) is 11.9 Å². The van der Waals surface area contributed by atoms with E-state index >= 15 is 0 Å². The van der Waals surface area contributed by atoms with Crippen LogP contribution in [0.4, 0.5) is 0 Å². The van der Waals surface area contributed by atoms with Crippen LogP contribution in [-0.2, 0) is 17.9 Å². The van der Waals surface area contributed by atoms with Gasteiger partial charge in [-0.2, -0.15) is 0 Å². The average molecular weight is 326 g/mol. The van der Waals surface area contributed by atoms with Gasteiger partial charge in [0.25, 0.3) is 0 Å². The van der Waals surface area contributed by atoms with Crippen molar-refractivity contribution in [2.45, 2.75) is 38.9 Å². The van der Waals surface area contributed by atoms with E-state index in [1.807, 2.05) is 30.0 Å². The van der Waals surface area contributed by atoms with Crippen molar-refractivity contribution in [1.82, 2.24) is 29.5 Å². The van der Waals surface area contributed by atoms with E-state index in [1.54, 1.807) is 6.20 Å². The molecule has 2 aliphatic rings. The Hall–Kier alpha value is -2.28. The van der Waals surface area contributed by atoms with Crippen molar-refractivity contribution in [3.05, 3.63) is 41.7 Å². The first kappa shape index (κ1) is 15.3. The summed E-state index contributed by atoms with van der Waals surface area (Å²) in [4.78, 5) is 21.7. The van der Waals surface area contributed by atoms with Gasteiger partial charge in [-0.15, -0.1) is 10.2 Å². The fraction of sp³-hybridized carbons (Fsp3) is 0.529. The second-order valence-corrected chi connectivity index (χ2v) is 6.48. The number of hydrogen-bond donors (Lipinski definition) is 0. The van der Waals surface area contributed by atoms with Gasteiger partial charge >= 0.3 is 0 Å². The number of pyridine rings is 1. The molecular formula is C17H22N6O. The summed E-state index contributed by atoms with van der Waals surface area (Å²) in [5.74, 6) is 1.80. The lowest BCUT2D eigenvalue weighted by Gasteiger charge is -2.36. The van der Waals surface area contributed by atoms with Crippen molar-refractivity contribution in [1.29, 1.82) is 0 Å². The molecule has 1 unspecified atom stereocenters. The van der Waals surface area contributed by atoms with E-state index < -0.39 is 0 Å². The molecule has 2 aliphatic heterocycles. The number of aryl methyl sites for hydroxylation is 1.